The highest BCUT2D eigenvalue weighted by Crippen LogP contribution is 2.23. The van der Waals surface area contributed by atoms with Gasteiger partial charge in [0, 0.05) is 19.6 Å². The van der Waals surface area contributed by atoms with Crippen molar-refractivity contribution in [3.63, 3.8) is 0 Å². The average molecular weight is 466 g/mol. The van der Waals surface area contributed by atoms with Gasteiger partial charge in [-0.2, -0.15) is 18.7 Å². The molecular weight excluding hydrogens is 450 g/mol. The molecule has 1 aliphatic rings. The van der Waals surface area contributed by atoms with E-state index in [2.05, 4.69) is 20.1 Å². The third kappa shape index (κ3) is 6.12. The number of alkyl halides is 3. The lowest BCUT2D eigenvalue weighted by atomic mass is 10.1. The second kappa shape index (κ2) is 9.58. The van der Waals surface area contributed by atoms with Crippen LogP contribution in [0.4, 0.5) is 23.2 Å². The smallest absolute Gasteiger partial charge is 0.393 e. The highest BCUT2D eigenvalue weighted by molar-refractivity contribution is 6.31. The molecule has 2 heterocycles. The van der Waals surface area contributed by atoms with Gasteiger partial charge in [-0.1, -0.05) is 16.8 Å². The Morgan fingerprint density at radius 2 is 2.06 bits per heavy atom. The summed E-state index contributed by atoms with van der Waals surface area (Å²) in [5.74, 6) is -3.68. The van der Waals surface area contributed by atoms with Crippen LogP contribution in [0.2, 0.25) is 5.02 Å². The number of aliphatic hydroxyl groups excluding tert-OH is 1. The minimum atomic E-state index is -5.25. The van der Waals surface area contributed by atoms with Gasteiger partial charge in [0.25, 0.3) is 0 Å². The number of hydrogen-bond donors (Lipinski definition) is 2. The van der Waals surface area contributed by atoms with Crippen LogP contribution in [0.25, 0.3) is 0 Å². The summed E-state index contributed by atoms with van der Waals surface area (Å²) in [7, 11) is 0. The first-order chi connectivity index (χ1) is 14.6. The van der Waals surface area contributed by atoms with E-state index in [9.17, 15) is 27.5 Å². The van der Waals surface area contributed by atoms with Crippen LogP contribution in [0.15, 0.2) is 27.8 Å². The molecule has 31 heavy (non-hydrogen) atoms. The number of halogens is 5. The molecule has 0 bridgehead atoms. The summed E-state index contributed by atoms with van der Waals surface area (Å²) in [6.45, 7) is 1.28. The van der Waals surface area contributed by atoms with Crippen molar-refractivity contribution in [3.05, 3.63) is 40.4 Å². The minimum Gasteiger partial charge on any atom is -0.393 e. The van der Waals surface area contributed by atoms with Crippen LogP contribution in [-0.2, 0) is 16.2 Å². The number of amidine groups is 1. The lowest BCUT2D eigenvalue weighted by Gasteiger charge is -2.28. The SMILES string of the molecule is O=C(ONC(=Nc1ccc(F)c(Cl)c1)c1nonc1CN1CCC(O)CC1)C(F)(F)F. The highest BCUT2D eigenvalue weighted by Gasteiger charge is 2.42. The molecule has 2 N–H and O–H groups in total. The van der Waals surface area contributed by atoms with Gasteiger partial charge in [0.15, 0.2) is 11.5 Å². The second-order valence-electron chi connectivity index (χ2n) is 6.62. The molecule has 1 saturated heterocycles. The normalized spacial score (nSPS) is 16.4. The molecule has 0 unspecified atom stereocenters. The van der Waals surface area contributed by atoms with Crippen molar-refractivity contribution >= 4 is 29.1 Å². The van der Waals surface area contributed by atoms with Gasteiger partial charge < -0.3 is 9.94 Å². The first-order valence-electron chi connectivity index (χ1n) is 8.93. The maximum absolute atomic E-state index is 13.4. The van der Waals surface area contributed by atoms with E-state index < -0.39 is 29.9 Å². The zero-order chi connectivity index (χ0) is 22.6. The lowest BCUT2D eigenvalue weighted by molar-refractivity contribution is -0.203. The van der Waals surface area contributed by atoms with Gasteiger partial charge in [-0.3, -0.25) is 4.90 Å². The number of carbonyl (C=O) groups excluding carboxylic acids is 1. The molecule has 0 saturated carbocycles. The number of benzene rings is 1. The number of aromatic nitrogens is 2. The Balaban J connectivity index is 1.87. The van der Waals surface area contributed by atoms with Crippen molar-refractivity contribution in [2.75, 3.05) is 13.1 Å². The van der Waals surface area contributed by atoms with Crippen LogP contribution in [0, 0.1) is 5.82 Å². The number of aliphatic hydroxyl groups is 1. The third-order valence-electron chi connectivity index (χ3n) is 4.33. The fourth-order valence-corrected chi connectivity index (χ4v) is 2.91. The van der Waals surface area contributed by atoms with Crippen molar-refractivity contribution in [1.82, 2.24) is 20.7 Å². The first kappa shape index (κ1) is 22.9. The Hall–Kier alpha value is -2.77. The van der Waals surface area contributed by atoms with E-state index in [1.165, 1.54) is 6.07 Å². The van der Waals surface area contributed by atoms with E-state index in [0.717, 1.165) is 12.1 Å². The first-order valence-corrected chi connectivity index (χ1v) is 9.31. The topological polar surface area (TPSA) is 113 Å². The Morgan fingerprint density at radius 3 is 2.71 bits per heavy atom. The number of nitrogens with one attached hydrogen (secondary N) is 1. The molecule has 2 aromatic rings. The largest absolute Gasteiger partial charge is 0.493 e. The maximum Gasteiger partial charge on any atom is 0.493 e. The Kier molecular flexibility index (Phi) is 7.08. The molecule has 9 nitrogen and oxygen atoms in total. The molecular formula is C17H16ClF4N5O4. The minimum absolute atomic E-state index is 0.0343. The quantitative estimate of drug-likeness (QED) is 0.306. The van der Waals surface area contributed by atoms with Gasteiger partial charge in [-0.05, 0) is 36.2 Å². The molecule has 1 aromatic carbocycles. The molecule has 0 aliphatic carbocycles. The van der Waals surface area contributed by atoms with E-state index >= 15 is 0 Å². The number of likely N-dealkylation sites (tertiary alicyclic amines) is 1. The van der Waals surface area contributed by atoms with Crippen molar-refractivity contribution in [2.24, 2.45) is 4.99 Å². The fraction of sp³-hybridized carbons (Fsp3) is 0.412. The number of hydroxylamine groups is 1. The van der Waals surface area contributed by atoms with Gasteiger partial charge in [0.2, 0.25) is 0 Å². The monoisotopic (exact) mass is 465 g/mol. The number of rotatable bonds is 4. The van der Waals surface area contributed by atoms with Gasteiger partial charge in [0.1, 0.15) is 11.5 Å². The summed E-state index contributed by atoms with van der Waals surface area (Å²) >= 11 is 5.71. The van der Waals surface area contributed by atoms with Gasteiger partial charge in [0.05, 0.1) is 16.8 Å². The molecule has 14 heteroatoms. The molecule has 0 radical (unpaired) electrons. The highest BCUT2D eigenvalue weighted by atomic mass is 35.5. The van der Waals surface area contributed by atoms with E-state index in [4.69, 9.17) is 16.2 Å². The molecule has 1 aliphatic heterocycles. The summed E-state index contributed by atoms with van der Waals surface area (Å²) in [5, 5.41) is 16.7. The average Bonchev–Trinajstić information content (AvgIpc) is 3.16. The molecule has 0 amide bonds. The van der Waals surface area contributed by atoms with Crippen LogP contribution in [0.1, 0.15) is 24.2 Å². The van der Waals surface area contributed by atoms with E-state index in [1.807, 2.05) is 10.4 Å². The Labute approximate surface area is 177 Å². The number of aliphatic imine (C=N–C) groups is 1. The lowest BCUT2D eigenvalue weighted by Crippen LogP contribution is -2.37. The standard InChI is InChI=1S/C17H16ClF4N5O4/c18-11-7-9(1-2-12(11)19)23-15(26-30-16(29)17(20,21)22)14-13(24-31-25-14)8-27-5-3-10(28)4-6-27/h1-2,7,10,28H,3-6,8H2,(H,23,26). The molecule has 1 aromatic heterocycles. The number of hydrogen-bond acceptors (Lipinski definition) is 8. The van der Waals surface area contributed by atoms with Gasteiger partial charge >= 0.3 is 12.1 Å². The zero-order valence-corrected chi connectivity index (χ0v) is 16.5. The Morgan fingerprint density at radius 1 is 1.35 bits per heavy atom. The van der Waals surface area contributed by atoms with Gasteiger partial charge in [-0.25, -0.2) is 18.8 Å². The third-order valence-corrected chi connectivity index (χ3v) is 4.62. The fourth-order valence-electron chi connectivity index (χ4n) is 2.74. The van der Waals surface area contributed by atoms with Crippen LogP contribution in [0.5, 0.6) is 0 Å². The number of nitrogens with zero attached hydrogens (tertiary/aromatic N) is 4. The Bertz CT molecular complexity index is 960. The summed E-state index contributed by atoms with van der Waals surface area (Å²) in [6, 6.07) is 3.32. The molecule has 0 spiro atoms. The summed E-state index contributed by atoms with van der Waals surface area (Å²) < 4.78 is 55.6. The second-order valence-corrected chi connectivity index (χ2v) is 7.02. The van der Waals surface area contributed by atoms with E-state index in [1.54, 1.807) is 0 Å². The van der Waals surface area contributed by atoms with Gasteiger partial charge in [-0.15, -0.1) is 0 Å². The van der Waals surface area contributed by atoms with E-state index in [0.29, 0.717) is 25.9 Å². The number of carbonyl (C=O) groups is 1. The van der Waals surface area contributed by atoms with Crippen molar-refractivity contribution in [2.45, 2.75) is 31.7 Å². The number of piperidine rings is 1. The zero-order valence-electron chi connectivity index (χ0n) is 15.7. The van der Waals surface area contributed by atoms with Crippen molar-refractivity contribution in [1.29, 1.82) is 0 Å². The van der Waals surface area contributed by atoms with Crippen molar-refractivity contribution < 1.29 is 36.9 Å². The van der Waals surface area contributed by atoms with Crippen LogP contribution in [0.3, 0.4) is 0 Å². The van der Waals surface area contributed by atoms with E-state index in [-0.39, 0.29) is 28.6 Å². The van der Waals surface area contributed by atoms with Crippen molar-refractivity contribution in [3.8, 4) is 0 Å². The summed E-state index contributed by atoms with van der Waals surface area (Å²) in [4.78, 5) is 21.1. The molecule has 0 atom stereocenters. The van der Waals surface area contributed by atoms with Crippen LogP contribution in [-0.4, -0.2) is 57.5 Å². The maximum atomic E-state index is 13.4. The summed E-state index contributed by atoms with van der Waals surface area (Å²) in [5.41, 5.74) is 1.92. The predicted octanol–water partition coefficient (Wildman–Crippen LogP) is 2.51. The van der Waals surface area contributed by atoms with Crippen LogP contribution >= 0.6 is 11.6 Å². The summed E-state index contributed by atoms with van der Waals surface area (Å²) in [6.07, 6.45) is -4.58. The molecule has 1 fully saturated rings. The van der Waals surface area contributed by atoms with Crippen LogP contribution < -0.4 is 5.48 Å². The molecule has 168 valence electrons. The molecule has 3 rings (SSSR count). The predicted molar refractivity (Wildman–Crippen MR) is 97.7 cm³/mol.